The van der Waals surface area contributed by atoms with Gasteiger partial charge in [0.15, 0.2) is 0 Å². The van der Waals surface area contributed by atoms with Crippen molar-refractivity contribution in [2.75, 3.05) is 43.5 Å². The largest absolute Gasteiger partial charge is 0.371 e. The van der Waals surface area contributed by atoms with E-state index in [1.165, 1.54) is 0 Å². The molecule has 1 aliphatic heterocycles. The van der Waals surface area contributed by atoms with Gasteiger partial charge in [-0.2, -0.15) is 5.10 Å². The van der Waals surface area contributed by atoms with Crippen LogP contribution in [0.1, 0.15) is 5.56 Å². The van der Waals surface area contributed by atoms with Crippen molar-refractivity contribution < 1.29 is 4.79 Å². The van der Waals surface area contributed by atoms with Gasteiger partial charge in [0.25, 0.3) is 0 Å². The summed E-state index contributed by atoms with van der Waals surface area (Å²) >= 11 is 6.11. The number of aromatic nitrogens is 2. The molecule has 7 heteroatoms. The van der Waals surface area contributed by atoms with Gasteiger partial charge in [-0.05, 0) is 18.2 Å². The molecule has 0 fully saturated rings. The summed E-state index contributed by atoms with van der Waals surface area (Å²) in [6.07, 6.45) is 3.72. The summed E-state index contributed by atoms with van der Waals surface area (Å²) < 4.78 is 1.74. The van der Waals surface area contributed by atoms with E-state index in [0.717, 1.165) is 30.0 Å². The van der Waals surface area contributed by atoms with Crippen LogP contribution < -0.4 is 9.80 Å². The summed E-state index contributed by atoms with van der Waals surface area (Å²) in [5.41, 5.74) is 3.15. The van der Waals surface area contributed by atoms with Gasteiger partial charge in [0, 0.05) is 57.6 Å². The van der Waals surface area contributed by atoms with Gasteiger partial charge in [-0.25, -0.2) is 0 Å². The van der Waals surface area contributed by atoms with Crippen LogP contribution in [0.5, 0.6) is 0 Å². The quantitative estimate of drug-likeness (QED) is 0.848. The van der Waals surface area contributed by atoms with Crippen LogP contribution in [-0.2, 0) is 18.4 Å². The number of carbonyl (C=O) groups excluding carboxylic acids is 1. The average molecular weight is 348 g/mol. The predicted molar refractivity (Wildman–Crippen MR) is 96.6 cm³/mol. The topological polar surface area (TPSA) is 44.6 Å². The highest BCUT2D eigenvalue weighted by molar-refractivity contribution is 6.31. The van der Waals surface area contributed by atoms with Gasteiger partial charge in [0.2, 0.25) is 5.91 Å². The van der Waals surface area contributed by atoms with Crippen molar-refractivity contribution in [3.63, 3.8) is 0 Å². The van der Waals surface area contributed by atoms with Crippen LogP contribution in [0.15, 0.2) is 30.6 Å². The summed E-state index contributed by atoms with van der Waals surface area (Å²) in [7, 11) is 5.74. The lowest BCUT2D eigenvalue weighted by atomic mass is 10.1. The van der Waals surface area contributed by atoms with Gasteiger partial charge < -0.3 is 14.7 Å². The first-order chi connectivity index (χ1) is 11.4. The van der Waals surface area contributed by atoms with Crippen LogP contribution in [0, 0.1) is 0 Å². The van der Waals surface area contributed by atoms with Crippen molar-refractivity contribution in [2.24, 2.45) is 7.05 Å². The molecule has 0 N–H and O–H groups in total. The van der Waals surface area contributed by atoms with Crippen LogP contribution in [-0.4, -0.2) is 54.3 Å². The number of fused-ring (bicyclic) bond motifs is 1. The first-order valence-corrected chi connectivity index (χ1v) is 8.29. The molecule has 0 atom stereocenters. The van der Waals surface area contributed by atoms with E-state index in [-0.39, 0.29) is 5.91 Å². The lowest BCUT2D eigenvalue weighted by Crippen LogP contribution is -2.44. The second kappa shape index (κ2) is 6.73. The number of hydrogen-bond donors (Lipinski definition) is 0. The number of carbonyl (C=O) groups is 1. The van der Waals surface area contributed by atoms with Gasteiger partial charge in [0.1, 0.15) is 0 Å². The Hall–Kier alpha value is -2.21. The average Bonchev–Trinajstić information content (AvgIpc) is 2.95. The van der Waals surface area contributed by atoms with Crippen molar-refractivity contribution >= 4 is 28.9 Å². The highest BCUT2D eigenvalue weighted by Crippen LogP contribution is 2.34. The number of nitrogens with zero attached hydrogens (tertiary/aromatic N) is 5. The minimum Gasteiger partial charge on any atom is -0.371 e. The van der Waals surface area contributed by atoms with Crippen LogP contribution in [0.4, 0.5) is 11.4 Å². The maximum Gasteiger partial charge on any atom is 0.242 e. The van der Waals surface area contributed by atoms with Gasteiger partial charge in [-0.3, -0.25) is 9.48 Å². The van der Waals surface area contributed by atoms with Crippen LogP contribution in [0.3, 0.4) is 0 Å². The molecule has 0 bridgehead atoms. The van der Waals surface area contributed by atoms with Crippen LogP contribution in [0.2, 0.25) is 5.02 Å². The highest BCUT2D eigenvalue weighted by atomic mass is 35.5. The molecule has 2 heterocycles. The predicted octanol–water partition coefficient (Wildman–Crippen LogP) is 1.99. The molecule has 24 heavy (non-hydrogen) atoms. The SMILES string of the molecule is CN(Cc1cnn(C)c1)C(=O)CN1CCN(C)c2cc(Cl)ccc21. The first kappa shape index (κ1) is 16.6. The number of aryl methyl sites for hydroxylation is 1. The molecule has 6 nitrogen and oxygen atoms in total. The number of likely N-dealkylation sites (N-methyl/N-ethyl adjacent to an activating group) is 2. The van der Waals surface area contributed by atoms with Crippen molar-refractivity contribution in [1.82, 2.24) is 14.7 Å². The second-order valence-corrected chi connectivity index (χ2v) is 6.68. The van der Waals surface area contributed by atoms with E-state index in [1.807, 2.05) is 45.5 Å². The molecule has 0 spiro atoms. The fourth-order valence-electron chi connectivity index (χ4n) is 2.95. The summed E-state index contributed by atoms with van der Waals surface area (Å²) in [6, 6.07) is 5.81. The molecule has 0 aliphatic carbocycles. The Morgan fingerprint density at radius 3 is 2.79 bits per heavy atom. The fourth-order valence-corrected chi connectivity index (χ4v) is 3.11. The molecule has 1 aliphatic rings. The third-order valence-corrected chi connectivity index (χ3v) is 4.56. The number of amides is 1. The Morgan fingerprint density at radius 2 is 2.08 bits per heavy atom. The number of anilines is 2. The molecule has 0 radical (unpaired) electrons. The van der Waals surface area contributed by atoms with Gasteiger partial charge in [0.05, 0.1) is 24.1 Å². The minimum absolute atomic E-state index is 0.0873. The normalized spacial score (nSPS) is 13.8. The van der Waals surface area contributed by atoms with E-state index in [9.17, 15) is 4.79 Å². The van der Waals surface area contributed by atoms with Crippen molar-refractivity contribution in [2.45, 2.75) is 6.54 Å². The number of rotatable bonds is 4. The zero-order chi connectivity index (χ0) is 17.3. The molecular weight excluding hydrogens is 326 g/mol. The minimum atomic E-state index is 0.0873. The fraction of sp³-hybridized carbons (Fsp3) is 0.412. The third-order valence-electron chi connectivity index (χ3n) is 4.32. The molecule has 0 saturated heterocycles. The Labute approximate surface area is 147 Å². The maximum absolute atomic E-state index is 12.6. The zero-order valence-electron chi connectivity index (χ0n) is 14.2. The highest BCUT2D eigenvalue weighted by Gasteiger charge is 2.23. The van der Waals surface area contributed by atoms with E-state index in [1.54, 1.807) is 15.8 Å². The Morgan fingerprint density at radius 1 is 1.29 bits per heavy atom. The zero-order valence-corrected chi connectivity index (χ0v) is 15.0. The molecule has 1 amide bonds. The standard InChI is InChI=1S/C17H22ClN5O/c1-20-6-7-23(15-5-4-14(18)8-16(15)20)12-17(24)21(2)10-13-9-19-22(3)11-13/h4-5,8-9,11H,6-7,10,12H2,1-3H3. The van der Waals surface area contributed by atoms with E-state index < -0.39 is 0 Å². The Kier molecular flexibility index (Phi) is 4.66. The molecule has 0 saturated carbocycles. The lowest BCUT2D eigenvalue weighted by Gasteiger charge is -2.37. The van der Waals surface area contributed by atoms with E-state index in [4.69, 9.17) is 11.6 Å². The van der Waals surface area contributed by atoms with Crippen LogP contribution in [0.25, 0.3) is 0 Å². The van der Waals surface area contributed by atoms with Gasteiger partial charge in [-0.15, -0.1) is 0 Å². The molecule has 1 aromatic heterocycles. The van der Waals surface area contributed by atoms with E-state index >= 15 is 0 Å². The van der Waals surface area contributed by atoms with E-state index in [2.05, 4.69) is 14.9 Å². The number of hydrogen-bond acceptors (Lipinski definition) is 4. The van der Waals surface area contributed by atoms with Crippen molar-refractivity contribution in [3.05, 3.63) is 41.2 Å². The van der Waals surface area contributed by atoms with Gasteiger partial charge >= 0.3 is 0 Å². The summed E-state index contributed by atoms with van der Waals surface area (Å²) in [6.45, 7) is 2.61. The number of benzene rings is 1. The second-order valence-electron chi connectivity index (χ2n) is 6.25. The van der Waals surface area contributed by atoms with Gasteiger partial charge in [-0.1, -0.05) is 11.6 Å². The molecular formula is C17H22ClN5O. The molecule has 0 unspecified atom stereocenters. The first-order valence-electron chi connectivity index (χ1n) is 7.91. The molecule has 3 rings (SSSR count). The summed E-state index contributed by atoms with van der Waals surface area (Å²) in [5.74, 6) is 0.0873. The number of halogens is 1. The maximum atomic E-state index is 12.6. The molecule has 1 aromatic carbocycles. The van der Waals surface area contributed by atoms with Crippen molar-refractivity contribution in [3.8, 4) is 0 Å². The Bertz CT molecular complexity index is 744. The third kappa shape index (κ3) is 3.48. The summed E-state index contributed by atoms with van der Waals surface area (Å²) in [5, 5.41) is 4.85. The van der Waals surface area contributed by atoms with Crippen molar-refractivity contribution in [1.29, 1.82) is 0 Å². The van der Waals surface area contributed by atoms with E-state index in [0.29, 0.717) is 18.1 Å². The lowest BCUT2D eigenvalue weighted by molar-refractivity contribution is -0.128. The van der Waals surface area contributed by atoms with Crippen LogP contribution >= 0.6 is 11.6 Å². The Balaban J connectivity index is 1.69. The molecule has 128 valence electrons. The monoisotopic (exact) mass is 347 g/mol. The molecule has 2 aromatic rings. The smallest absolute Gasteiger partial charge is 0.242 e. The summed E-state index contributed by atoms with van der Waals surface area (Å²) in [4.78, 5) is 18.6.